The summed E-state index contributed by atoms with van der Waals surface area (Å²) in [6, 6.07) is 0. The monoisotopic (exact) mass is 211 g/mol. The molecule has 1 heterocycles. The highest BCUT2D eigenvalue weighted by Gasteiger charge is 2.16. The topological polar surface area (TPSA) is 53.1 Å². The standard InChI is InChI=1S/C11H21N3O/c1-5-6-9-13-10(8(2)7-15-4)11(12)14(9)3/h8H,5-7,12H2,1-4H3. The Morgan fingerprint density at radius 2 is 2.20 bits per heavy atom. The molecule has 1 rings (SSSR count). The van der Waals surface area contributed by atoms with Gasteiger partial charge < -0.3 is 15.0 Å². The lowest BCUT2D eigenvalue weighted by molar-refractivity contribution is 0.183. The first-order valence-corrected chi connectivity index (χ1v) is 5.41. The molecule has 2 N–H and O–H groups in total. The molecule has 0 radical (unpaired) electrons. The molecule has 1 unspecified atom stereocenters. The van der Waals surface area contributed by atoms with Gasteiger partial charge in [-0.15, -0.1) is 0 Å². The lowest BCUT2D eigenvalue weighted by atomic mass is 10.1. The Morgan fingerprint density at radius 1 is 1.53 bits per heavy atom. The van der Waals surface area contributed by atoms with Crippen molar-refractivity contribution in [1.82, 2.24) is 9.55 Å². The van der Waals surface area contributed by atoms with Crippen molar-refractivity contribution < 1.29 is 4.74 Å². The van der Waals surface area contributed by atoms with Gasteiger partial charge in [0.25, 0.3) is 0 Å². The summed E-state index contributed by atoms with van der Waals surface area (Å²) >= 11 is 0. The molecule has 0 aliphatic carbocycles. The van der Waals surface area contributed by atoms with Crippen LogP contribution < -0.4 is 5.73 Å². The van der Waals surface area contributed by atoms with Gasteiger partial charge in [0.1, 0.15) is 11.6 Å². The first kappa shape index (κ1) is 12.0. The maximum absolute atomic E-state index is 6.01. The molecule has 1 aromatic heterocycles. The van der Waals surface area contributed by atoms with E-state index in [9.17, 15) is 0 Å². The summed E-state index contributed by atoms with van der Waals surface area (Å²) in [5.41, 5.74) is 6.97. The number of rotatable bonds is 5. The minimum Gasteiger partial charge on any atom is -0.384 e. The molecule has 0 fully saturated rings. The molecule has 0 amide bonds. The second-order valence-corrected chi connectivity index (χ2v) is 3.96. The fraction of sp³-hybridized carbons (Fsp3) is 0.727. The van der Waals surface area contributed by atoms with Crippen LogP contribution in [0.1, 0.15) is 37.7 Å². The second kappa shape index (κ2) is 5.16. The number of ether oxygens (including phenoxy) is 1. The largest absolute Gasteiger partial charge is 0.384 e. The smallest absolute Gasteiger partial charge is 0.126 e. The average Bonchev–Trinajstić information content (AvgIpc) is 2.47. The highest BCUT2D eigenvalue weighted by Crippen LogP contribution is 2.22. The molecule has 15 heavy (non-hydrogen) atoms. The maximum atomic E-state index is 6.01. The van der Waals surface area contributed by atoms with E-state index in [1.54, 1.807) is 7.11 Å². The Labute approximate surface area is 91.4 Å². The molecule has 0 saturated carbocycles. The number of anilines is 1. The number of hydrogen-bond donors (Lipinski definition) is 1. The van der Waals surface area contributed by atoms with Gasteiger partial charge in [-0.05, 0) is 6.42 Å². The van der Waals surface area contributed by atoms with Gasteiger partial charge in [0, 0.05) is 26.5 Å². The molecule has 0 aliphatic rings. The Balaban J connectivity index is 2.93. The van der Waals surface area contributed by atoms with Crippen molar-refractivity contribution in [2.24, 2.45) is 7.05 Å². The molecular formula is C11H21N3O. The summed E-state index contributed by atoms with van der Waals surface area (Å²) in [7, 11) is 3.67. The van der Waals surface area contributed by atoms with Crippen molar-refractivity contribution >= 4 is 5.82 Å². The van der Waals surface area contributed by atoms with Crippen LogP contribution in [-0.4, -0.2) is 23.3 Å². The zero-order valence-electron chi connectivity index (χ0n) is 10.1. The minimum absolute atomic E-state index is 0.256. The van der Waals surface area contributed by atoms with Gasteiger partial charge in [-0.2, -0.15) is 0 Å². The van der Waals surface area contributed by atoms with Crippen molar-refractivity contribution in [3.8, 4) is 0 Å². The lowest BCUT2D eigenvalue weighted by Crippen LogP contribution is -2.06. The molecule has 0 aliphatic heterocycles. The Bertz CT molecular complexity index is 320. The second-order valence-electron chi connectivity index (χ2n) is 3.96. The Hall–Kier alpha value is -1.03. The van der Waals surface area contributed by atoms with Gasteiger partial charge in [0.15, 0.2) is 0 Å². The van der Waals surface area contributed by atoms with Gasteiger partial charge in [-0.3, -0.25) is 0 Å². The van der Waals surface area contributed by atoms with Crippen LogP contribution >= 0.6 is 0 Å². The summed E-state index contributed by atoms with van der Waals surface area (Å²) in [6.45, 7) is 4.88. The van der Waals surface area contributed by atoms with Crippen molar-refractivity contribution in [2.45, 2.75) is 32.6 Å². The zero-order valence-corrected chi connectivity index (χ0v) is 10.1. The van der Waals surface area contributed by atoms with Crippen LogP contribution in [0.25, 0.3) is 0 Å². The van der Waals surface area contributed by atoms with Crippen LogP contribution in [0.4, 0.5) is 5.82 Å². The third-order valence-corrected chi connectivity index (χ3v) is 2.62. The van der Waals surface area contributed by atoms with Crippen LogP contribution in [0.5, 0.6) is 0 Å². The predicted molar refractivity (Wildman–Crippen MR) is 61.9 cm³/mol. The third-order valence-electron chi connectivity index (χ3n) is 2.62. The fourth-order valence-electron chi connectivity index (χ4n) is 1.72. The van der Waals surface area contributed by atoms with Gasteiger partial charge in [0.05, 0.1) is 12.3 Å². The van der Waals surface area contributed by atoms with Gasteiger partial charge in [-0.1, -0.05) is 13.8 Å². The highest BCUT2D eigenvalue weighted by molar-refractivity contribution is 5.40. The van der Waals surface area contributed by atoms with E-state index >= 15 is 0 Å². The van der Waals surface area contributed by atoms with E-state index in [0.717, 1.165) is 30.2 Å². The molecule has 0 saturated heterocycles. The van der Waals surface area contributed by atoms with Crippen LogP contribution in [0.2, 0.25) is 0 Å². The van der Waals surface area contributed by atoms with Crippen molar-refractivity contribution in [1.29, 1.82) is 0 Å². The number of nitrogens with zero attached hydrogens (tertiary/aromatic N) is 2. The van der Waals surface area contributed by atoms with E-state index in [-0.39, 0.29) is 5.92 Å². The molecule has 4 heteroatoms. The number of hydrogen-bond acceptors (Lipinski definition) is 3. The molecule has 86 valence electrons. The first-order valence-electron chi connectivity index (χ1n) is 5.41. The Morgan fingerprint density at radius 3 is 2.73 bits per heavy atom. The van der Waals surface area contributed by atoms with Crippen LogP contribution in [0.3, 0.4) is 0 Å². The molecule has 0 spiro atoms. The predicted octanol–water partition coefficient (Wildman–Crippen LogP) is 1.70. The fourth-order valence-corrected chi connectivity index (χ4v) is 1.72. The zero-order chi connectivity index (χ0) is 11.4. The Kier molecular flexibility index (Phi) is 4.15. The molecule has 1 atom stereocenters. The van der Waals surface area contributed by atoms with Crippen LogP contribution in [-0.2, 0) is 18.2 Å². The van der Waals surface area contributed by atoms with E-state index in [0.29, 0.717) is 6.61 Å². The van der Waals surface area contributed by atoms with Gasteiger partial charge >= 0.3 is 0 Å². The maximum Gasteiger partial charge on any atom is 0.126 e. The third kappa shape index (κ3) is 2.50. The first-order chi connectivity index (χ1) is 7.11. The lowest BCUT2D eigenvalue weighted by Gasteiger charge is -2.07. The number of methoxy groups -OCH3 is 1. The molecule has 1 aromatic rings. The number of aromatic nitrogens is 2. The van der Waals surface area contributed by atoms with E-state index in [1.165, 1.54) is 0 Å². The quantitative estimate of drug-likeness (QED) is 0.806. The van der Waals surface area contributed by atoms with Crippen LogP contribution in [0, 0.1) is 0 Å². The summed E-state index contributed by atoms with van der Waals surface area (Å²) in [4.78, 5) is 4.58. The average molecular weight is 211 g/mol. The molecule has 4 nitrogen and oxygen atoms in total. The number of nitrogen functional groups attached to an aromatic ring is 1. The summed E-state index contributed by atoms with van der Waals surface area (Å²) < 4.78 is 7.09. The van der Waals surface area contributed by atoms with E-state index in [2.05, 4.69) is 18.8 Å². The van der Waals surface area contributed by atoms with Crippen molar-refractivity contribution in [3.63, 3.8) is 0 Å². The van der Waals surface area contributed by atoms with E-state index < -0.39 is 0 Å². The number of imidazole rings is 1. The summed E-state index contributed by atoms with van der Waals surface area (Å²) in [6.07, 6.45) is 2.06. The van der Waals surface area contributed by atoms with E-state index in [4.69, 9.17) is 10.5 Å². The van der Waals surface area contributed by atoms with Crippen molar-refractivity contribution in [3.05, 3.63) is 11.5 Å². The minimum atomic E-state index is 0.256. The molecular weight excluding hydrogens is 190 g/mol. The van der Waals surface area contributed by atoms with Crippen molar-refractivity contribution in [2.75, 3.05) is 19.5 Å². The summed E-state index contributed by atoms with van der Waals surface area (Å²) in [5, 5.41) is 0. The van der Waals surface area contributed by atoms with Gasteiger partial charge in [-0.25, -0.2) is 4.98 Å². The number of nitrogens with two attached hydrogens (primary N) is 1. The number of aryl methyl sites for hydroxylation is 1. The SMILES string of the molecule is CCCc1nc(C(C)COC)c(N)n1C. The normalized spacial score (nSPS) is 13.1. The molecule has 0 aromatic carbocycles. The molecule has 0 bridgehead atoms. The summed E-state index contributed by atoms with van der Waals surface area (Å²) in [5.74, 6) is 2.09. The van der Waals surface area contributed by atoms with Crippen LogP contribution in [0.15, 0.2) is 0 Å². The highest BCUT2D eigenvalue weighted by atomic mass is 16.5. The van der Waals surface area contributed by atoms with Gasteiger partial charge in [0.2, 0.25) is 0 Å². The van der Waals surface area contributed by atoms with E-state index in [1.807, 2.05) is 11.6 Å².